The van der Waals surface area contributed by atoms with Crippen LogP contribution >= 0.6 is 0 Å². The van der Waals surface area contributed by atoms with Crippen molar-refractivity contribution in [3.63, 3.8) is 0 Å². The molecule has 0 radical (unpaired) electrons. The lowest BCUT2D eigenvalue weighted by Gasteiger charge is -2.31. The lowest BCUT2D eigenvalue weighted by Crippen LogP contribution is -2.47. The van der Waals surface area contributed by atoms with E-state index in [0.29, 0.717) is 11.6 Å². The van der Waals surface area contributed by atoms with E-state index in [1.165, 1.54) is 0 Å². The number of epoxide rings is 1. The molecule has 1 heterocycles. The summed E-state index contributed by atoms with van der Waals surface area (Å²) in [5.74, 6) is 0. The van der Waals surface area contributed by atoms with Crippen LogP contribution in [0.4, 0.5) is 0 Å². The predicted octanol–water partition coefficient (Wildman–Crippen LogP) is 1.84. The molecular weight excluding hydrogens is 252 g/mol. The molecule has 0 amide bonds. The number of rotatable bonds is 11. The van der Waals surface area contributed by atoms with Crippen molar-refractivity contribution in [2.75, 3.05) is 41.2 Å². The van der Waals surface area contributed by atoms with E-state index in [-0.39, 0.29) is 0 Å². The molecule has 1 aliphatic rings. The van der Waals surface area contributed by atoms with E-state index in [2.05, 4.69) is 6.92 Å². The molecule has 0 aromatic rings. The topological polar surface area (TPSA) is 49.5 Å². The minimum atomic E-state index is -2.50. The summed E-state index contributed by atoms with van der Waals surface area (Å²) >= 11 is 0. The van der Waals surface area contributed by atoms with Crippen molar-refractivity contribution in [3.05, 3.63) is 0 Å². The first-order valence-corrected chi connectivity index (χ1v) is 8.37. The van der Waals surface area contributed by atoms with Crippen molar-refractivity contribution in [1.29, 1.82) is 0 Å². The first-order valence-electron chi connectivity index (χ1n) is 6.57. The minimum Gasteiger partial charge on any atom is -0.379 e. The molecule has 5 nitrogen and oxygen atoms in total. The predicted molar refractivity (Wildman–Crippen MR) is 70.6 cm³/mol. The van der Waals surface area contributed by atoms with Gasteiger partial charge in [0.1, 0.15) is 6.10 Å². The Kier molecular flexibility index (Phi) is 7.36. The standard InChI is InChI=1S/C12H26O5Si/c1-5-12(18(13-2,14-3)15-4)7-6-8-16-9-11-10-17-11/h11-12H,5-10H2,1-4H3. The van der Waals surface area contributed by atoms with Gasteiger partial charge in [-0.3, -0.25) is 0 Å². The highest BCUT2D eigenvalue weighted by Gasteiger charge is 2.45. The van der Waals surface area contributed by atoms with Crippen LogP contribution in [0.1, 0.15) is 26.2 Å². The Morgan fingerprint density at radius 2 is 1.83 bits per heavy atom. The Labute approximate surface area is 111 Å². The molecule has 0 bridgehead atoms. The lowest BCUT2D eigenvalue weighted by molar-refractivity contribution is 0.0968. The Balaban J connectivity index is 2.25. The summed E-state index contributed by atoms with van der Waals surface area (Å²) in [4.78, 5) is 0. The molecule has 0 aromatic carbocycles. The molecule has 6 heteroatoms. The molecule has 2 unspecified atom stereocenters. The first kappa shape index (κ1) is 16.1. The van der Waals surface area contributed by atoms with Crippen LogP contribution in [-0.2, 0) is 22.8 Å². The average molecular weight is 278 g/mol. The Hall–Kier alpha value is 0.0169. The van der Waals surface area contributed by atoms with Crippen molar-refractivity contribution in [3.8, 4) is 0 Å². The summed E-state index contributed by atoms with van der Waals surface area (Å²) in [5.41, 5.74) is 0.332. The summed E-state index contributed by atoms with van der Waals surface area (Å²) in [6, 6.07) is 0. The van der Waals surface area contributed by atoms with Crippen molar-refractivity contribution < 1.29 is 22.8 Å². The normalized spacial score (nSPS) is 21.0. The number of hydrogen-bond donors (Lipinski definition) is 0. The van der Waals surface area contributed by atoms with Gasteiger partial charge in [0.05, 0.1) is 13.2 Å². The highest BCUT2D eigenvalue weighted by molar-refractivity contribution is 6.62. The Morgan fingerprint density at radius 3 is 2.28 bits per heavy atom. The molecule has 1 rings (SSSR count). The largest absolute Gasteiger partial charge is 0.503 e. The zero-order chi connectivity index (χ0) is 13.4. The number of hydrogen-bond acceptors (Lipinski definition) is 5. The third-order valence-electron chi connectivity index (χ3n) is 3.39. The molecule has 108 valence electrons. The van der Waals surface area contributed by atoms with Gasteiger partial charge in [0, 0.05) is 33.5 Å². The summed E-state index contributed by atoms with van der Waals surface area (Å²) in [7, 11) is 2.51. The zero-order valence-corrected chi connectivity index (χ0v) is 12.9. The van der Waals surface area contributed by atoms with Crippen molar-refractivity contribution in [2.24, 2.45) is 0 Å². The second-order valence-corrected chi connectivity index (χ2v) is 7.74. The fourth-order valence-electron chi connectivity index (χ4n) is 2.19. The quantitative estimate of drug-likeness (QED) is 0.328. The van der Waals surface area contributed by atoms with E-state index in [1.54, 1.807) is 21.3 Å². The van der Waals surface area contributed by atoms with E-state index in [1.807, 2.05) is 0 Å². The second kappa shape index (κ2) is 8.24. The van der Waals surface area contributed by atoms with Crippen LogP contribution in [0.25, 0.3) is 0 Å². The van der Waals surface area contributed by atoms with E-state index in [9.17, 15) is 0 Å². The van der Waals surface area contributed by atoms with Crippen LogP contribution < -0.4 is 0 Å². The van der Waals surface area contributed by atoms with Gasteiger partial charge in [-0.1, -0.05) is 6.92 Å². The maximum absolute atomic E-state index is 5.53. The Morgan fingerprint density at radius 1 is 1.22 bits per heavy atom. The minimum absolute atomic E-state index is 0.332. The van der Waals surface area contributed by atoms with Gasteiger partial charge >= 0.3 is 8.80 Å². The van der Waals surface area contributed by atoms with Gasteiger partial charge in [-0.05, 0) is 19.3 Å². The summed E-state index contributed by atoms with van der Waals surface area (Å²) in [6.45, 7) is 4.48. The highest BCUT2D eigenvalue weighted by Crippen LogP contribution is 2.31. The van der Waals surface area contributed by atoms with E-state index < -0.39 is 8.80 Å². The van der Waals surface area contributed by atoms with E-state index >= 15 is 0 Å². The Bertz CT molecular complexity index is 210. The molecule has 1 saturated heterocycles. The molecule has 0 saturated carbocycles. The van der Waals surface area contributed by atoms with Gasteiger partial charge < -0.3 is 22.8 Å². The van der Waals surface area contributed by atoms with Gasteiger partial charge in [-0.25, -0.2) is 0 Å². The van der Waals surface area contributed by atoms with Crippen LogP contribution in [0.2, 0.25) is 5.54 Å². The van der Waals surface area contributed by atoms with Crippen LogP contribution in [0, 0.1) is 0 Å². The maximum Gasteiger partial charge on any atom is 0.503 e. The van der Waals surface area contributed by atoms with Crippen molar-refractivity contribution in [2.45, 2.75) is 37.8 Å². The molecule has 1 aliphatic heterocycles. The fraction of sp³-hybridized carbons (Fsp3) is 1.00. The first-order chi connectivity index (χ1) is 8.72. The molecule has 0 spiro atoms. The van der Waals surface area contributed by atoms with Gasteiger partial charge in [0.25, 0.3) is 0 Å². The molecule has 0 N–H and O–H groups in total. The molecule has 0 aromatic heterocycles. The van der Waals surface area contributed by atoms with Crippen LogP contribution in [0.5, 0.6) is 0 Å². The van der Waals surface area contributed by atoms with Gasteiger partial charge in [0.2, 0.25) is 0 Å². The van der Waals surface area contributed by atoms with Crippen molar-refractivity contribution in [1.82, 2.24) is 0 Å². The summed E-state index contributed by atoms with van der Waals surface area (Å²) < 4.78 is 27.2. The molecule has 2 atom stereocenters. The summed E-state index contributed by atoms with van der Waals surface area (Å²) in [6.07, 6.45) is 3.34. The number of ether oxygens (including phenoxy) is 2. The smallest absolute Gasteiger partial charge is 0.379 e. The molecule has 18 heavy (non-hydrogen) atoms. The highest BCUT2D eigenvalue weighted by atomic mass is 28.4. The third kappa shape index (κ3) is 4.60. The fourth-order valence-corrected chi connectivity index (χ4v) is 4.75. The molecule has 1 fully saturated rings. The van der Waals surface area contributed by atoms with Gasteiger partial charge in [-0.15, -0.1) is 0 Å². The SMILES string of the molecule is CCC(CCCOCC1CO1)[Si](OC)(OC)OC. The van der Waals surface area contributed by atoms with E-state index in [0.717, 1.165) is 39.1 Å². The zero-order valence-electron chi connectivity index (χ0n) is 11.9. The van der Waals surface area contributed by atoms with Crippen molar-refractivity contribution >= 4 is 8.80 Å². The average Bonchev–Trinajstić information content (AvgIpc) is 3.22. The maximum atomic E-state index is 5.53. The van der Waals surface area contributed by atoms with Crippen LogP contribution in [0.3, 0.4) is 0 Å². The summed E-state index contributed by atoms with van der Waals surface area (Å²) in [5, 5.41) is 0. The van der Waals surface area contributed by atoms with E-state index in [4.69, 9.17) is 22.8 Å². The monoisotopic (exact) mass is 278 g/mol. The second-order valence-electron chi connectivity index (χ2n) is 4.49. The lowest BCUT2D eigenvalue weighted by atomic mass is 10.2. The van der Waals surface area contributed by atoms with Crippen LogP contribution in [0.15, 0.2) is 0 Å². The molecular formula is C12H26O5Si. The van der Waals surface area contributed by atoms with Crippen LogP contribution in [-0.4, -0.2) is 56.1 Å². The third-order valence-corrected chi connectivity index (χ3v) is 6.80. The van der Waals surface area contributed by atoms with Gasteiger partial charge in [0.15, 0.2) is 0 Å². The molecule has 0 aliphatic carbocycles. The van der Waals surface area contributed by atoms with Gasteiger partial charge in [-0.2, -0.15) is 0 Å².